The van der Waals surface area contributed by atoms with E-state index in [9.17, 15) is 16.8 Å². The monoisotopic (exact) mass is 345 g/mol. The lowest BCUT2D eigenvalue weighted by Gasteiger charge is -2.19. The van der Waals surface area contributed by atoms with Crippen molar-refractivity contribution in [2.45, 2.75) is 36.1 Å². The molecule has 0 amide bonds. The maximum Gasteiger partial charge on any atom is 0.270 e. The van der Waals surface area contributed by atoms with Crippen molar-refractivity contribution >= 4 is 41.1 Å². The van der Waals surface area contributed by atoms with Gasteiger partial charge < -0.3 is 0 Å². The Bertz CT molecular complexity index is 641. The molecule has 1 N–H and O–H groups in total. The first-order valence-electron chi connectivity index (χ1n) is 5.46. The summed E-state index contributed by atoms with van der Waals surface area (Å²) in [5.74, 6) is 0. The van der Waals surface area contributed by atoms with E-state index in [0.29, 0.717) is 6.42 Å². The third-order valence-electron chi connectivity index (χ3n) is 2.35. The summed E-state index contributed by atoms with van der Waals surface area (Å²) in [6.07, 6.45) is 0.423. The average molecular weight is 346 g/mol. The van der Waals surface area contributed by atoms with Crippen LogP contribution >= 0.6 is 22.0 Å². The highest BCUT2D eigenvalue weighted by Crippen LogP contribution is 2.25. The summed E-state index contributed by atoms with van der Waals surface area (Å²) in [4.78, 5) is 0.760. The van der Waals surface area contributed by atoms with Gasteiger partial charge in [-0.3, -0.25) is 0 Å². The van der Waals surface area contributed by atoms with Gasteiger partial charge in [0.05, 0.1) is 4.75 Å². The predicted molar refractivity (Wildman–Crippen MR) is 77.7 cm³/mol. The lowest BCUT2D eigenvalue weighted by Crippen LogP contribution is -2.40. The second kappa shape index (κ2) is 5.69. The van der Waals surface area contributed by atoms with E-state index < -0.39 is 23.8 Å². The Morgan fingerprint density at radius 2 is 1.79 bits per heavy atom. The summed E-state index contributed by atoms with van der Waals surface area (Å²) in [5.41, 5.74) is 0. The summed E-state index contributed by atoms with van der Waals surface area (Å²) in [6, 6.07) is 3.05. The van der Waals surface area contributed by atoms with Crippen molar-refractivity contribution in [2.75, 3.05) is 6.54 Å². The molecule has 0 aromatic carbocycles. The van der Waals surface area contributed by atoms with Crippen LogP contribution in [0.2, 0.25) is 0 Å². The molecule has 0 spiro atoms. The molecule has 1 heterocycles. The van der Waals surface area contributed by atoms with E-state index >= 15 is 0 Å². The van der Waals surface area contributed by atoms with Gasteiger partial charge in [0.1, 0.15) is 4.21 Å². The van der Waals surface area contributed by atoms with Crippen molar-refractivity contribution in [2.24, 2.45) is 0 Å². The van der Waals surface area contributed by atoms with Gasteiger partial charge in [-0.1, -0.05) is 0 Å². The molecule has 1 aromatic rings. The molecule has 0 aliphatic rings. The first kappa shape index (κ1) is 16.9. The van der Waals surface area contributed by atoms with Crippen molar-refractivity contribution in [1.82, 2.24) is 4.72 Å². The van der Waals surface area contributed by atoms with Crippen LogP contribution in [0.4, 0.5) is 0 Å². The standard InChI is InChI=1S/C10H16ClNO4S3/c1-10(2,3)19(15,16)12-7-6-8-4-5-9(17-8)18(11,13)14/h4-5,12H,6-7H2,1-3H3. The van der Waals surface area contributed by atoms with E-state index in [1.54, 1.807) is 26.8 Å². The molecule has 0 aliphatic heterocycles. The average Bonchev–Trinajstić information content (AvgIpc) is 2.63. The Morgan fingerprint density at radius 3 is 2.21 bits per heavy atom. The minimum atomic E-state index is -3.71. The zero-order valence-electron chi connectivity index (χ0n) is 10.8. The fourth-order valence-electron chi connectivity index (χ4n) is 1.15. The number of nitrogens with one attached hydrogen (secondary N) is 1. The molecule has 110 valence electrons. The van der Waals surface area contributed by atoms with Crippen LogP contribution in [0.1, 0.15) is 25.6 Å². The van der Waals surface area contributed by atoms with Crippen LogP contribution in [0, 0.1) is 0 Å². The summed E-state index contributed by atoms with van der Waals surface area (Å²) in [5, 5.41) is 0. The minimum absolute atomic E-state index is 0.0721. The van der Waals surface area contributed by atoms with Crippen LogP contribution < -0.4 is 4.72 Å². The van der Waals surface area contributed by atoms with Crippen molar-refractivity contribution in [1.29, 1.82) is 0 Å². The third-order valence-corrected chi connectivity index (χ3v) is 7.78. The molecule has 0 saturated carbocycles. The maximum absolute atomic E-state index is 11.8. The molecule has 0 fully saturated rings. The second-order valence-corrected chi connectivity index (χ2v) is 11.4. The normalized spacial score (nSPS) is 13.7. The number of hydrogen-bond acceptors (Lipinski definition) is 5. The quantitative estimate of drug-likeness (QED) is 0.827. The van der Waals surface area contributed by atoms with Crippen molar-refractivity contribution in [3.05, 3.63) is 17.0 Å². The Hall–Kier alpha value is -0.150. The molecule has 1 aromatic heterocycles. The highest BCUT2D eigenvalue weighted by molar-refractivity contribution is 8.15. The second-order valence-electron chi connectivity index (χ2n) is 4.92. The lowest BCUT2D eigenvalue weighted by molar-refractivity contribution is 0.545. The van der Waals surface area contributed by atoms with Gasteiger partial charge in [-0.15, -0.1) is 11.3 Å². The number of halogens is 1. The zero-order chi connectivity index (χ0) is 14.9. The Balaban J connectivity index is 2.63. The molecule has 5 nitrogen and oxygen atoms in total. The third kappa shape index (κ3) is 4.71. The van der Waals surface area contributed by atoms with Gasteiger partial charge in [-0.05, 0) is 39.3 Å². The molecular formula is C10H16ClNO4S3. The first-order chi connectivity index (χ1) is 8.43. The topological polar surface area (TPSA) is 80.3 Å². The number of thiophene rings is 1. The molecule has 9 heteroatoms. The van der Waals surface area contributed by atoms with Gasteiger partial charge in [0, 0.05) is 22.1 Å². The van der Waals surface area contributed by atoms with Crippen LogP contribution in [0.15, 0.2) is 16.3 Å². The Labute approximate surface area is 122 Å². The molecule has 19 heavy (non-hydrogen) atoms. The van der Waals surface area contributed by atoms with Crippen LogP contribution in [0.3, 0.4) is 0 Å². The van der Waals surface area contributed by atoms with Gasteiger partial charge in [-0.25, -0.2) is 21.6 Å². The van der Waals surface area contributed by atoms with Crippen molar-refractivity contribution in [3.8, 4) is 0 Å². The molecular weight excluding hydrogens is 330 g/mol. The van der Waals surface area contributed by atoms with E-state index in [0.717, 1.165) is 16.2 Å². The fourth-order valence-corrected chi connectivity index (χ4v) is 4.07. The Morgan fingerprint density at radius 1 is 1.21 bits per heavy atom. The van der Waals surface area contributed by atoms with E-state index in [1.165, 1.54) is 6.07 Å². The van der Waals surface area contributed by atoms with Gasteiger partial charge in [0.2, 0.25) is 10.0 Å². The highest BCUT2D eigenvalue weighted by atomic mass is 35.7. The van der Waals surface area contributed by atoms with Crippen LogP contribution in [0.5, 0.6) is 0 Å². The van der Waals surface area contributed by atoms with Crippen LogP contribution in [0.25, 0.3) is 0 Å². The van der Waals surface area contributed by atoms with Crippen LogP contribution in [-0.4, -0.2) is 28.1 Å². The minimum Gasteiger partial charge on any atom is -0.214 e. The summed E-state index contributed by atoms with van der Waals surface area (Å²) < 4.78 is 47.4. The van der Waals surface area contributed by atoms with Crippen molar-refractivity contribution < 1.29 is 16.8 Å². The van der Waals surface area contributed by atoms with E-state index in [-0.39, 0.29) is 10.8 Å². The molecule has 0 aliphatic carbocycles. The molecule has 0 bridgehead atoms. The van der Waals surface area contributed by atoms with Gasteiger partial charge >= 0.3 is 0 Å². The largest absolute Gasteiger partial charge is 0.270 e. The number of sulfonamides is 1. The molecule has 0 unspecified atom stereocenters. The van der Waals surface area contributed by atoms with Crippen LogP contribution in [-0.2, 0) is 25.5 Å². The van der Waals surface area contributed by atoms with Crippen molar-refractivity contribution in [3.63, 3.8) is 0 Å². The summed E-state index contributed by atoms with van der Waals surface area (Å²) in [6.45, 7) is 5.05. The molecule has 0 radical (unpaired) electrons. The van der Waals surface area contributed by atoms with E-state index in [2.05, 4.69) is 4.72 Å². The van der Waals surface area contributed by atoms with Gasteiger partial charge in [-0.2, -0.15) is 0 Å². The number of rotatable bonds is 5. The smallest absolute Gasteiger partial charge is 0.214 e. The summed E-state index contributed by atoms with van der Waals surface area (Å²) in [7, 11) is -1.88. The van der Waals surface area contributed by atoms with E-state index in [4.69, 9.17) is 10.7 Å². The lowest BCUT2D eigenvalue weighted by atomic mass is 10.3. The predicted octanol–water partition coefficient (Wildman–Crippen LogP) is 1.94. The van der Waals surface area contributed by atoms with Gasteiger partial charge in [0.25, 0.3) is 9.05 Å². The molecule has 0 atom stereocenters. The van der Waals surface area contributed by atoms with Gasteiger partial charge in [0.15, 0.2) is 0 Å². The maximum atomic E-state index is 11.8. The Kier molecular flexibility index (Phi) is 5.06. The zero-order valence-corrected chi connectivity index (χ0v) is 14.0. The molecule has 1 rings (SSSR count). The summed E-state index contributed by atoms with van der Waals surface area (Å²) >= 11 is 1.04. The molecule has 0 saturated heterocycles. The SMILES string of the molecule is CC(C)(C)S(=O)(=O)NCCc1ccc(S(=O)(=O)Cl)s1. The fraction of sp³-hybridized carbons (Fsp3) is 0.600. The first-order valence-corrected chi connectivity index (χ1v) is 10.1. The number of hydrogen-bond donors (Lipinski definition) is 1. The van der Waals surface area contributed by atoms with E-state index in [1.807, 2.05) is 0 Å². The highest BCUT2D eigenvalue weighted by Gasteiger charge is 2.28.